The van der Waals surface area contributed by atoms with Gasteiger partial charge in [0.1, 0.15) is 0 Å². The summed E-state index contributed by atoms with van der Waals surface area (Å²) in [6.07, 6.45) is 3.65. The molecule has 34 heavy (non-hydrogen) atoms. The SMILES string of the molecule is CCCC(C)NC(=O)C1CCCN(CC(=O)Nc2ccc(C)c(S(=O)(=O)N3CCOCC3)c2)C1. The zero-order chi connectivity index (χ0) is 24.7. The topological polar surface area (TPSA) is 108 Å². The molecular weight excluding hydrogens is 456 g/mol. The highest BCUT2D eigenvalue weighted by Crippen LogP contribution is 2.24. The standard InChI is InChI=1S/C24H38N4O5S/c1-4-6-19(3)25-24(30)20-7-5-10-27(16-20)17-23(29)26-21-9-8-18(2)22(15-21)34(31,32)28-11-13-33-14-12-28/h8-9,15,19-20H,4-7,10-14,16-17H2,1-3H3,(H,25,30)(H,26,29). The average Bonchev–Trinajstić information content (AvgIpc) is 2.81. The third kappa shape index (κ3) is 7.00. The summed E-state index contributed by atoms with van der Waals surface area (Å²) in [4.78, 5) is 27.5. The molecule has 10 heteroatoms. The van der Waals surface area contributed by atoms with Gasteiger partial charge in [-0.15, -0.1) is 0 Å². The van der Waals surface area contributed by atoms with Gasteiger partial charge in [-0.2, -0.15) is 4.31 Å². The Morgan fingerprint density at radius 1 is 1.21 bits per heavy atom. The quantitative estimate of drug-likeness (QED) is 0.544. The Morgan fingerprint density at radius 3 is 2.65 bits per heavy atom. The molecule has 2 saturated heterocycles. The number of amides is 2. The number of likely N-dealkylation sites (tertiary alicyclic amines) is 1. The molecule has 3 rings (SSSR count). The van der Waals surface area contributed by atoms with Crippen LogP contribution in [0, 0.1) is 12.8 Å². The largest absolute Gasteiger partial charge is 0.379 e. The molecule has 0 radical (unpaired) electrons. The first-order valence-electron chi connectivity index (χ1n) is 12.2. The van der Waals surface area contributed by atoms with Crippen LogP contribution in [0.15, 0.2) is 23.1 Å². The van der Waals surface area contributed by atoms with Crippen LogP contribution in [0.5, 0.6) is 0 Å². The predicted octanol–water partition coefficient (Wildman–Crippen LogP) is 1.97. The molecule has 0 aromatic heterocycles. The van der Waals surface area contributed by atoms with Crippen molar-refractivity contribution in [3.63, 3.8) is 0 Å². The van der Waals surface area contributed by atoms with E-state index < -0.39 is 10.0 Å². The van der Waals surface area contributed by atoms with Gasteiger partial charge in [0.2, 0.25) is 21.8 Å². The van der Waals surface area contributed by atoms with Crippen LogP contribution < -0.4 is 10.6 Å². The molecule has 2 N–H and O–H groups in total. The molecular formula is C24H38N4O5S. The normalized spacial score (nSPS) is 21.1. The molecule has 2 unspecified atom stereocenters. The van der Waals surface area contributed by atoms with E-state index in [1.165, 1.54) is 10.4 Å². The molecule has 1 aromatic carbocycles. The molecule has 9 nitrogen and oxygen atoms in total. The van der Waals surface area contributed by atoms with Crippen molar-refractivity contribution < 1.29 is 22.7 Å². The van der Waals surface area contributed by atoms with E-state index in [9.17, 15) is 18.0 Å². The first-order valence-corrected chi connectivity index (χ1v) is 13.7. The van der Waals surface area contributed by atoms with Crippen molar-refractivity contribution in [3.8, 4) is 0 Å². The lowest BCUT2D eigenvalue weighted by Crippen LogP contribution is -2.47. The molecule has 190 valence electrons. The summed E-state index contributed by atoms with van der Waals surface area (Å²) in [5.74, 6) is -0.285. The lowest BCUT2D eigenvalue weighted by atomic mass is 9.96. The van der Waals surface area contributed by atoms with Crippen molar-refractivity contribution in [3.05, 3.63) is 23.8 Å². The number of anilines is 1. The first kappa shape index (κ1) is 26.6. The molecule has 2 fully saturated rings. The minimum atomic E-state index is -3.66. The Bertz CT molecular complexity index is 962. The number of rotatable bonds is 9. The minimum absolute atomic E-state index is 0.0579. The number of nitrogens with one attached hydrogen (secondary N) is 2. The highest BCUT2D eigenvalue weighted by molar-refractivity contribution is 7.89. The van der Waals surface area contributed by atoms with E-state index in [1.807, 2.05) is 11.8 Å². The predicted molar refractivity (Wildman–Crippen MR) is 131 cm³/mol. The van der Waals surface area contributed by atoms with Gasteiger partial charge in [-0.05, 0) is 57.4 Å². The van der Waals surface area contributed by atoms with Crippen molar-refractivity contribution in [1.82, 2.24) is 14.5 Å². The van der Waals surface area contributed by atoms with Crippen molar-refractivity contribution in [2.24, 2.45) is 5.92 Å². The zero-order valence-electron chi connectivity index (χ0n) is 20.5. The van der Waals surface area contributed by atoms with Crippen LogP contribution >= 0.6 is 0 Å². The molecule has 0 bridgehead atoms. The van der Waals surface area contributed by atoms with Crippen molar-refractivity contribution in [2.45, 2.75) is 57.4 Å². The third-order valence-corrected chi connectivity index (χ3v) is 8.45. The summed E-state index contributed by atoms with van der Waals surface area (Å²) in [6, 6.07) is 5.11. The Hall–Kier alpha value is -2.01. The average molecular weight is 495 g/mol. The summed E-state index contributed by atoms with van der Waals surface area (Å²) in [5.41, 5.74) is 1.08. The number of carbonyl (C=O) groups is 2. The number of piperidine rings is 1. The van der Waals surface area contributed by atoms with E-state index in [1.54, 1.807) is 19.1 Å². The maximum absolute atomic E-state index is 13.1. The van der Waals surface area contributed by atoms with Crippen LogP contribution in [0.4, 0.5) is 5.69 Å². The molecule has 2 aliphatic rings. The van der Waals surface area contributed by atoms with E-state index >= 15 is 0 Å². The number of hydrogen-bond donors (Lipinski definition) is 2. The molecule has 0 saturated carbocycles. The van der Waals surface area contributed by atoms with Gasteiger partial charge in [-0.1, -0.05) is 19.4 Å². The smallest absolute Gasteiger partial charge is 0.243 e. The second-order valence-electron chi connectivity index (χ2n) is 9.32. The zero-order valence-corrected chi connectivity index (χ0v) is 21.3. The number of morpholine rings is 1. The van der Waals surface area contributed by atoms with Crippen molar-refractivity contribution in [2.75, 3.05) is 51.3 Å². The third-order valence-electron chi connectivity index (χ3n) is 6.41. The monoisotopic (exact) mass is 494 g/mol. The highest BCUT2D eigenvalue weighted by atomic mass is 32.2. The summed E-state index contributed by atoms with van der Waals surface area (Å²) < 4.78 is 32.9. The van der Waals surface area contributed by atoms with E-state index in [-0.39, 0.29) is 35.2 Å². The van der Waals surface area contributed by atoms with Gasteiger partial charge in [0.25, 0.3) is 0 Å². The molecule has 2 heterocycles. The van der Waals surface area contributed by atoms with Crippen LogP contribution in [-0.4, -0.2) is 81.4 Å². The van der Waals surface area contributed by atoms with E-state index in [4.69, 9.17) is 4.74 Å². The summed E-state index contributed by atoms with van der Waals surface area (Å²) in [5, 5.41) is 5.92. The van der Waals surface area contributed by atoms with Crippen molar-refractivity contribution >= 4 is 27.5 Å². The minimum Gasteiger partial charge on any atom is -0.379 e. The summed E-state index contributed by atoms with van der Waals surface area (Å²) in [7, 11) is -3.66. The first-order chi connectivity index (χ1) is 16.2. The highest BCUT2D eigenvalue weighted by Gasteiger charge is 2.29. The van der Waals surface area contributed by atoms with E-state index in [0.29, 0.717) is 44.1 Å². The number of nitrogens with zero attached hydrogens (tertiary/aromatic N) is 2. The van der Waals surface area contributed by atoms with Gasteiger partial charge >= 0.3 is 0 Å². The summed E-state index contributed by atoms with van der Waals surface area (Å²) in [6.45, 7) is 8.71. The fourth-order valence-corrected chi connectivity index (χ4v) is 6.22. The fourth-order valence-electron chi connectivity index (χ4n) is 4.56. The molecule has 0 spiro atoms. The van der Waals surface area contributed by atoms with Gasteiger partial charge in [0, 0.05) is 31.4 Å². The molecule has 2 aliphatic heterocycles. The van der Waals surface area contributed by atoms with Crippen LogP contribution in [0.25, 0.3) is 0 Å². The summed E-state index contributed by atoms with van der Waals surface area (Å²) >= 11 is 0. The fraction of sp³-hybridized carbons (Fsp3) is 0.667. The van der Waals surface area contributed by atoms with E-state index in [2.05, 4.69) is 17.6 Å². The van der Waals surface area contributed by atoms with Gasteiger partial charge in [-0.25, -0.2) is 8.42 Å². The number of sulfonamides is 1. The molecule has 2 amide bonds. The van der Waals surface area contributed by atoms with Gasteiger partial charge < -0.3 is 15.4 Å². The van der Waals surface area contributed by atoms with Crippen LogP contribution in [0.2, 0.25) is 0 Å². The molecule has 2 atom stereocenters. The maximum Gasteiger partial charge on any atom is 0.243 e. The lowest BCUT2D eigenvalue weighted by Gasteiger charge is -2.32. The molecule has 0 aliphatic carbocycles. The second-order valence-corrected chi connectivity index (χ2v) is 11.2. The Labute approximate surface area is 203 Å². The Kier molecular flexibility index (Phi) is 9.47. The number of aryl methyl sites for hydroxylation is 1. The number of carbonyl (C=O) groups excluding carboxylic acids is 2. The number of benzene rings is 1. The second kappa shape index (κ2) is 12.1. The van der Waals surface area contributed by atoms with Gasteiger partial charge in [0.05, 0.1) is 30.6 Å². The number of hydrogen-bond acceptors (Lipinski definition) is 6. The Morgan fingerprint density at radius 2 is 1.94 bits per heavy atom. The van der Waals surface area contributed by atoms with Crippen LogP contribution in [0.1, 0.15) is 45.1 Å². The van der Waals surface area contributed by atoms with E-state index in [0.717, 1.165) is 32.2 Å². The number of ether oxygens (including phenoxy) is 1. The molecule has 1 aromatic rings. The lowest BCUT2D eigenvalue weighted by molar-refractivity contribution is -0.128. The van der Waals surface area contributed by atoms with Crippen molar-refractivity contribution in [1.29, 1.82) is 0 Å². The van der Waals surface area contributed by atoms with Crippen LogP contribution in [0.3, 0.4) is 0 Å². The maximum atomic E-state index is 13.1. The van der Waals surface area contributed by atoms with Gasteiger partial charge in [-0.3, -0.25) is 14.5 Å². The van der Waals surface area contributed by atoms with Crippen LogP contribution in [-0.2, 0) is 24.3 Å². The Balaban J connectivity index is 1.59. The van der Waals surface area contributed by atoms with Gasteiger partial charge in [0.15, 0.2) is 0 Å².